The normalized spacial score (nSPS) is 28.7. The summed E-state index contributed by atoms with van der Waals surface area (Å²) in [4.78, 5) is 2.56. The van der Waals surface area contributed by atoms with E-state index in [1.54, 1.807) is 0 Å². The van der Waals surface area contributed by atoms with Crippen LogP contribution >= 0.6 is 0 Å². The van der Waals surface area contributed by atoms with Gasteiger partial charge in [0.2, 0.25) is 12.3 Å². The van der Waals surface area contributed by atoms with Gasteiger partial charge in [0.15, 0.2) is 0 Å². The maximum absolute atomic E-state index is 5.27. The molecule has 0 saturated carbocycles. The van der Waals surface area contributed by atoms with E-state index in [4.69, 9.17) is 4.42 Å². The summed E-state index contributed by atoms with van der Waals surface area (Å²) in [5, 5.41) is 11.4. The average molecular weight is 284 g/mol. The van der Waals surface area contributed by atoms with Crippen LogP contribution in [0.2, 0.25) is 0 Å². The number of anilines is 1. The fourth-order valence-electron chi connectivity index (χ4n) is 3.81. The first-order chi connectivity index (χ1) is 10.3. The minimum Gasteiger partial charge on any atom is -0.423 e. The molecule has 2 atom stereocenters. The van der Waals surface area contributed by atoms with Gasteiger partial charge in [0.1, 0.15) is 0 Å². The van der Waals surface area contributed by atoms with Gasteiger partial charge < -0.3 is 14.6 Å². The Balaban J connectivity index is 1.49. The van der Waals surface area contributed by atoms with Crippen LogP contribution in [0.4, 0.5) is 5.69 Å². The summed E-state index contributed by atoms with van der Waals surface area (Å²) in [6, 6.07) is 10.3. The highest BCUT2D eigenvalue weighted by atomic mass is 16.4. The monoisotopic (exact) mass is 284 g/mol. The van der Waals surface area contributed by atoms with Gasteiger partial charge in [0.05, 0.1) is 0 Å². The molecule has 2 aliphatic heterocycles. The second-order valence-corrected chi connectivity index (χ2v) is 6.19. The lowest BCUT2D eigenvalue weighted by Gasteiger charge is -2.37. The Bertz CT molecular complexity index is 598. The Morgan fingerprint density at radius 1 is 1.24 bits per heavy atom. The van der Waals surface area contributed by atoms with E-state index in [0.29, 0.717) is 11.9 Å². The molecular weight excluding hydrogens is 264 g/mol. The maximum Gasteiger partial charge on any atom is 0.247 e. The number of nitrogens with zero attached hydrogens (tertiary/aromatic N) is 3. The van der Waals surface area contributed by atoms with Gasteiger partial charge in [-0.25, -0.2) is 0 Å². The minimum absolute atomic E-state index is 0.566. The van der Waals surface area contributed by atoms with E-state index in [-0.39, 0.29) is 0 Å². The molecule has 3 heterocycles. The molecule has 0 spiro atoms. The van der Waals surface area contributed by atoms with Crippen molar-refractivity contribution < 1.29 is 4.42 Å². The van der Waals surface area contributed by atoms with Gasteiger partial charge in [-0.3, -0.25) is 0 Å². The summed E-state index contributed by atoms with van der Waals surface area (Å²) in [5.74, 6) is 0.571. The van der Waals surface area contributed by atoms with Crippen LogP contribution in [0.25, 0.3) is 11.5 Å². The van der Waals surface area contributed by atoms with Crippen LogP contribution in [0.1, 0.15) is 25.7 Å². The minimum atomic E-state index is 0.566. The molecule has 2 fully saturated rings. The number of fused-ring (bicyclic) bond motifs is 2. The smallest absolute Gasteiger partial charge is 0.247 e. The second-order valence-electron chi connectivity index (χ2n) is 6.19. The first-order valence-corrected chi connectivity index (χ1v) is 7.64. The van der Waals surface area contributed by atoms with Gasteiger partial charge in [-0.15, -0.1) is 10.2 Å². The zero-order valence-electron chi connectivity index (χ0n) is 12.2. The molecule has 4 rings (SSSR count). The Morgan fingerprint density at radius 2 is 2.05 bits per heavy atom. The Morgan fingerprint density at radius 3 is 2.76 bits per heavy atom. The lowest BCUT2D eigenvalue weighted by atomic mass is 9.97. The standard InChI is InChI=1S/C16H20N4O/c1-20-14-5-6-15(20)9-13(8-14)18-12-4-2-3-11(7-12)16-19-17-10-21-16/h2-4,7,10,13-15,18H,5-6,8-9H2,1H3. The fraction of sp³-hybridized carbons (Fsp3) is 0.500. The lowest BCUT2D eigenvalue weighted by Crippen LogP contribution is -2.44. The van der Waals surface area contributed by atoms with Crippen LogP contribution in [-0.4, -0.2) is 40.3 Å². The van der Waals surface area contributed by atoms with Crippen molar-refractivity contribution in [2.45, 2.75) is 43.8 Å². The third-order valence-corrected chi connectivity index (χ3v) is 4.94. The number of aromatic nitrogens is 2. The maximum atomic E-state index is 5.27. The van der Waals surface area contributed by atoms with E-state index >= 15 is 0 Å². The molecule has 110 valence electrons. The Hall–Kier alpha value is -1.88. The predicted octanol–water partition coefficient (Wildman–Crippen LogP) is 2.77. The van der Waals surface area contributed by atoms with E-state index in [1.807, 2.05) is 12.1 Å². The van der Waals surface area contributed by atoms with E-state index in [9.17, 15) is 0 Å². The molecule has 0 amide bonds. The van der Waals surface area contributed by atoms with Crippen molar-refractivity contribution in [3.8, 4) is 11.5 Å². The topological polar surface area (TPSA) is 54.2 Å². The van der Waals surface area contributed by atoms with Crippen molar-refractivity contribution >= 4 is 5.69 Å². The molecule has 2 aromatic rings. The van der Waals surface area contributed by atoms with Crippen molar-refractivity contribution in [3.63, 3.8) is 0 Å². The summed E-state index contributed by atoms with van der Waals surface area (Å²) in [7, 11) is 2.27. The van der Waals surface area contributed by atoms with Crippen molar-refractivity contribution in [1.29, 1.82) is 0 Å². The highest BCUT2D eigenvalue weighted by Crippen LogP contribution is 2.35. The van der Waals surface area contributed by atoms with Gasteiger partial charge in [-0.2, -0.15) is 0 Å². The van der Waals surface area contributed by atoms with Crippen LogP contribution in [0.15, 0.2) is 35.1 Å². The summed E-state index contributed by atoms with van der Waals surface area (Å²) in [5.41, 5.74) is 2.10. The molecule has 2 saturated heterocycles. The summed E-state index contributed by atoms with van der Waals surface area (Å²) in [6.45, 7) is 0. The lowest BCUT2D eigenvalue weighted by molar-refractivity contribution is 0.169. The highest BCUT2D eigenvalue weighted by molar-refractivity contribution is 5.61. The van der Waals surface area contributed by atoms with Crippen molar-refractivity contribution in [3.05, 3.63) is 30.7 Å². The highest BCUT2D eigenvalue weighted by Gasteiger charge is 2.38. The molecule has 21 heavy (non-hydrogen) atoms. The number of rotatable bonds is 3. The molecule has 5 nitrogen and oxygen atoms in total. The van der Waals surface area contributed by atoms with Crippen LogP contribution in [0.5, 0.6) is 0 Å². The van der Waals surface area contributed by atoms with Crippen LogP contribution in [0.3, 0.4) is 0 Å². The number of hydrogen-bond acceptors (Lipinski definition) is 5. The SMILES string of the molecule is CN1C2CCC1CC(Nc1cccc(-c3nnco3)c1)C2. The Labute approximate surface area is 124 Å². The van der Waals surface area contributed by atoms with E-state index in [1.165, 1.54) is 32.1 Å². The van der Waals surface area contributed by atoms with Crippen molar-refractivity contribution in [1.82, 2.24) is 15.1 Å². The van der Waals surface area contributed by atoms with Gasteiger partial charge in [-0.05, 0) is 50.9 Å². The third-order valence-electron chi connectivity index (χ3n) is 4.94. The quantitative estimate of drug-likeness (QED) is 0.939. The molecule has 2 aliphatic rings. The van der Waals surface area contributed by atoms with Gasteiger partial charge in [-0.1, -0.05) is 6.07 Å². The number of hydrogen-bond donors (Lipinski definition) is 1. The molecule has 1 aromatic heterocycles. The second kappa shape index (κ2) is 5.15. The molecule has 2 bridgehead atoms. The first kappa shape index (κ1) is 12.8. The molecule has 0 radical (unpaired) electrons. The number of benzene rings is 1. The van der Waals surface area contributed by atoms with Crippen molar-refractivity contribution in [2.24, 2.45) is 0 Å². The summed E-state index contributed by atoms with van der Waals surface area (Å²) < 4.78 is 5.27. The summed E-state index contributed by atoms with van der Waals surface area (Å²) in [6.07, 6.45) is 6.53. The van der Waals surface area contributed by atoms with E-state index in [0.717, 1.165) is 23.3 Å². The van der Waals surface area contributed by atoms with E-state index in [2.05, 4.69) is 39.6 Å². The fourth-order valence-corrected chi connectivity index (χ4v) is 3.81. The first-order valence-electron chi connectivity index (χ1n) is 7.64. The van der Waals surface area contributed by atoms with Crippen molar-refractivity contribution in [2.75, 3.05) is 12.4 Å². The van der Waals surface area contributed by atoms with Crippen LogP contribution < -0.4 is 5.32 Å². The Kier molecular flexibility index (Phi) is 3.15. The molecule has 5 heteroatoms. The largest absolute Gasteiger partial charge is 0.423 e. The molecule has 1 aromatic carbocycles. The zero-order valence-corrected chi connectivity index (χ0v) is 12.2. The molecule has 0 aliphatic carbocycles. The van der Waals surface area contributed by atoms with Gasteiger partial charge >= 0.3 is 0 Å². The average Bonchev–Trinajstić information content (AvgIpc) is 3.08. The molecule has 2 unspecified atom stereocenters. The van der Waals surface area contributed by atoms with Crippen LogP contribution in [-0.2, 0) is 0 Å². The van der Waals surface area contributed by atoms with E-state index < -0.39 is 0 Å². The van der Waals surface area contributed by atoms with Gasteiger partial charge in [0.25, 0.3) is 0 Å². The molecular formula is C16H20N4O. The number of piperidine rings is 1. The third kappa shape index (κ3) is 2.42. The predicted molar refractivity (Wildman–Crippen MR) is 81.0 cm³/mol. The molecule has 1 N–H and O–H groups in total. The number of nitrogens with one attached hydrogen (secondary N) is 1. The van der Waals surface area contributed by atoms with Crippen LogP contribution in [0, 0.1) is 0 Å². The zero-order chi connectivity index (χ0) is 14.2. The van der Waals surface area contributed by atoms with Gasteiger partial charge in [0, 0.05) is 29.4 Å². The summed E-state index contributed by atoms with van der Waals surface area (Å²) >= 11 is 0.